The molecule has 1 atom stereocenters. The topological polar surface area (TPSA) is 0 Å². The van der Waals surface area contributed by atoms with Crippen LogP contribution in [0.4, 0.5) is 0 Å². The van der Waals surface area contributed by atoms with Crippen molar-refractivity contribution >= 4 is 11.6 Å². The Balaban J connectivity index is 2.18. The molecule has 1 rings (SSSR count). The molecule has 1 fully saturated rings. The summed E-state index contributed by atoms with van der Waals surface area (Å²) < 4.78 is 2.83. The summed E-state index contributed by atoms with van der Waals surface area (Å²) in [6.07, 6.45) is 1.30. The van der Waals surface area contributed by atoms with Gasteiger partial charge in [0.2, 0.25) is 0 Å². The molecule has 0 aromatic heterocycles. The maximum absolute atomic E-state index is 5.74. The first-order valence-electron chi connectivity index (χ1n) is 2.07. The van der Waals surface area contributed by atoms with Crippen LogP contribution in [0.15, 0.2) is 0 Å². The van der Waals surface area contributed by atoms with E-state index in [0.717, 1.165) is 0 Å². The predicted octanol–water partition coefficient (Wildman–Crippen LogP) is -1.91. The summed E-state index contributed by atoms with van der Waals surface area (Å²) in [5.41, 5.74) is 0. The van der Waals surface area contributed by atoms with Crippen molar-refractivity contribution < 1.29 is 21.2 Å². The van der Waals surface area contributed by atoms with Crippen molar-refractivity contribution in [3.63, 3.8) is 0 Å². The maximum atomic E-state index is 5.74. The van der Waals surface area contributed by atoms with Gasteiger partial charge in [0, 0.05) is 0 Å². The Morgan fingerprint density at radius 2 is 2.50 bits per heavy atom. The van der Waals surface area contributed by atoms with E-state index in [4.69, 9.17) is 11.6 Å². The van der Waals surface area contributed by atoms with Gasteiger partial charge in [-0.1, -0.05) is 0 Å². The average Bonchev–Trinajstić information content (AvgIpc) is 1.86. The number of alkyl halides is 3. The van der Waals surface area contributed by atoms with Crippen LogP contribution in [0.3, 0.4) is 0 Å². The van der Waals surface area contributed by atoms with Crippen LogP contribution in [0.2, 0.25) is 0 Å². The van der Waals surface area contributed by atoms with Crippen LogP contribution in [-0.4, -0.2) is 14.2 Å². The molecule has 0 amide bonds. The summed E-state index contributed by atoms with van der Waals surface area (Å²) >= 11 is 6.31. The Morgan fingerprint density at radius 3 is 2.67 bits per heavy atom. The molecule has 2 heteroatoms. The monoisotopic (exact) mass is 217 g/mol. The number of hydrogen-bond donors (Lipinski definition) is 0. The molecule has 0 aromatic carbocycles. The van der Waals surface area contributed by atoms with Crippen LogP contribution in [0, 0.1) is 0 Å². The summed E-state index contributed by atoms with van der Waals surface area (Å²) in [6, 6.07) is 0. The summed E-state index contributed by atoms with van der Waals surface area (Å²) in [5, 5.41) is 0.567. The van der Waals surface area contributed by atoms with Gasteiger partial charge in [0.15, 0.2) is 0 Å². The van der Waals surface area contributed by atoms with Crippen molar-refractivity contribution in [3.05, 3.63) is 0 Å². The second-order valence-electron chi connectivity index (χ2n) is 1.42. The molecule has 0 aromatic rings. The molecule has 1 aliphatic heterocycles. The molecule has 0 aliphatic carbocycles. The van der Waals surface area contributed by atoms with Gasteiger partial charge in [-0.2, -0.15) is 0 Å². The zero-order chi connectivity index (χ0) is 4.41. The van der Waals surface area contributed by atoms with Crippen LogP contribution in [0.1, 0.15) is 6.42 Å². The van der Waals surface area contributed by atoms with Gasteiger partial charge < -0.3 is 0 Å². The molecule has 0 nitrogen and oxygen atoms in total. The fraction of sp³-hybridized carbons (Fsp3) is 1.00. The fourth-order valence-corrected chi connectivity index (χ4v) is 4.25. The van der Waals surface area contributed by atoms with E-state index in [1.165, 1.54) is 15.3 Å². The van der Waals surface area contributed by atoms with Crippen LogP contribution in [0.25, 0.3) is 0 Å². The van der Waals surface area contributed by atoms with Crippen molar-refractivity contribution in [2.24, 2.45) is 0 Å². The van der Waals surface area contributed by atoms with E-state index in [2.05, 4.69) is 0 Å². The molecule has 1 heterocycles. The van der Waals surface area contributed by atoms with Gasteiger partial charge in [0.1, 0.15) is 0 Å². The van der Waals surface area contributed by atoms with Crippen molar-refractivity contribution in [1.82, 2.24) is 0 Å². The molecule has 0 saturated carbocycles. The van der Waals surface area contributed by atoms with Gasteiger partial charge in [-0.05, 0) is 0 Å². The van der Waals surface area contributed by atoms with Gasteiger partial charge in [0.25, 0.3) is 0 Å². The molecule has 0 spiro atoms. The molecular formula is C4H7ClI-. The van der Waals surface area contributed by atoms with Gasteiger partial charge in [-0.15, -0.1) is 0 Å². The molecule has 0 bridgehead atoms. The molecule has 6 heavy (non-hydrogen) atoms. The van der Waals surface area contributed by atoms with E-state index in [9.17, 15) is 0 Å². The molecular weight excluding hydrogens is 210 g/mol. The zero-order valence-electron chi connectivity index (χ0n) is 3.45. The second kappa shape index (κ2) is 2.36. The van der Waals surface area contributed by atoms with Crippen molar-refractivity contribution in [1.29, 1.82) is 0 Å². The van der Waals surface area contributed by atoms with E-state index >= 15 is 0 Å². The second-order valence-corrected chi connectivity index (χ2v) is 5.07. The van der Waals surface area contributed by atoms with Gasteiger partial charge in [-0.3, -0.25) is 0 Å². The van der Waals surface area contributed by atoms with Crippen LogP contribution in [0.5, 0.6) is 0 Å². The third kappa shape index (κ3) is 1.26. The average molecular weight is 217 g/mol. The van der Waals surface area contributed by atoms with Crippen molar-refractivity contribution in [2.75, 3.05) is 8.86 Å². The normalized spacial score (nSPS) is 35.8. The Hall–Kier alpha value is 1.02. The van der Waals surface area contributed by atoms with E-state index in [1.807, 2.05) is 0 Å². The van der Waals surface area contributed by atoms with Crippen molar-refractivity contribution in [3.8, 4) is 0 Å². The molecule has 1 aliphatic rings. The van der Waals surface area contributed by atoms with Gasteiger partial charge in [0.05, 0.1) is 0 Å². The Bertz CT molecular complexity index is 40.8. The fourth-order valence-electron chi connectivity index (χ4n) is 0.468. The van der Waals surface area contributed by atoms with Crippen LogP contribution in [-0.2, 0) is 0 Å². The Morgan fingerprint density at radius 1 is 1.67 bits per heavy atom. The van der Waals surface area contributed by atoms with E-state index < -0.39 is 0 Å². The van der Waals surface area contributed by atoms with E-state index in [-0.39, 0.29) is 0 Å². The summed E-state index contributed by atoms with van der Waals surface area (Å²) in [4.78, 5) is 0. The third-order valence-electron chi connectivity index (χ3n) is 0.833. The van der Waals surface area contributed by atoms with Crippen LogP contribution >= 0.6 is 11.6 Å². The number of rotatable bonds is 0. The standard InChI is InChI=1S/C4H7ClI/c5-4-1-2-6-3-4/h4H,1-3H2/q-1. The molecule has 1 saturated heterocycles. The molecule has 0 radical (unpaired) electrons. The number of halogens is 2. The third-order valence-corrected chi connectivity index (χ3v) is 4.80. The quantitative estimate of drug-likeness (QED) is 0.328. The van der Waals surface area contributed by atoms with E-state index in [0.29, 0.717) is 26.6 Å². The van der Waals surface area contributed by atoms with Crippen LogP contribution < -0.4 is 21.2 Å². The van der Waals surface area contributed by atoms with Gasteiger partial charge in [-0.25, -0.2) is 0 Å². The minimum atomic E-state index is 0.567. The van der Waals surface area contributed by atoms with E-state index in [1.54, 1.807) is 0 Å². The minimum absolute atomic E-state index is 0.567. The predicted molar refractivity (Wildman–Crippen MR) is 24.0 cm³/mol. The first-order chi connectivity index (χ1) is 2.89. The van der Waals surface area contributed by atoms with Gasteiger partial charge >= 0.3 is 53.5 Å². The summed E-state index contributed by atoms with van der Waals surface area (Å²) in [5.74, 6) is 0. The molecule has 38 valence electrons. The summed E-state index contributed by atoms with van der Waals surface area (Å²) in [6.45, 7) is 0. The zero-order valence-corrected chi connectivity index (χ0v) is 6.37. The van der Waals surface area contributed by atoms with Crippen molar-refractivity contribution in [2.45, 2.75) is 11.8 Å². The molecule has 1 unspecified atom stereocenters. The Labute approximate surface area is 53.5 Å². The first kappa shape index (κ1) is 5.16. The first-order valence-corrected chi connectivity index (χ1v) is 5.56. The number of hydrogen-bond acceptors (Lipinski definition) is 0. The summed E-state index contributed by atoms with van der Waals surface area (Å²) in [7, 11) is 0. The Kier molecular flexibility index (Phi) is 2.03. The SMILES string of the molecule is ClC1CC[I-]C1. The molecule has 0 N–H and O–H groups in total.